The number of thiazole rings is 1. The third kappa shape index (κ3) is 4.38. The summed E-state index contributed by atoms with van der Waals surface area (Å²) in [6.45, 7) is 8.32. The van der Waals surface area contributed by atoms with Crippen LogP contribution < -0.4 is 10.6 Å². The lowest BCUT2D eigenvalue weighted by molar-refractivity contribution is -0.0334. The van der Waals surface area contributed by atoms with Gasteiger partial charge in [0.15, 0.2) is 11.1 Å². The van der Waals surface area contributed by atoms with Gasteiger partial charge in [0.2, 0.25) is 0 Å². The molecular formula is C19H32N6OS. The fourth-order valence-corrected chi connectivity index (χ4v) is 5.35. The van der Waals surface area contributed by atoms with Crippen molar-refractivity contribution in [2.75, 3.05) is 63.9 Å². The molecule has 1 aromatic rings. The molecule has 2 aliphatic heterocycles. The van der Waals surface area contributed by atoms with E-state index in [2.05, 4.69) is 19.7 Å². The molecule has 4 rings (SSSR count). The molecule has 0 bridgehead atoms. The van der Waals surface area contributed by atoms with E-state index < -0.39 is 0 Å². The molecule has 8 heteroatoms. The van der Waals surface area contributed by atoms with Crippen molar-refractivity contribution in [3.63, 3.8) is 0 Å². The van der Waals surface area contributed by atoms with Crippen LogP contribution in [0.2, 0.25) is 0 Å². The lowest BCUT2D eigenvalue weighted by Crippen LogP contribution is -2.57. The van der Waals surface area contributed by atoms with Gasteiger partial charge in [-0.3, -0.25) is 9.89 Å². The first-order chi connectivity index (χ1) is 13.3. The average Bonchev–Trinajstić information content (AvgIpc) is 3.28. The van der Waals surface area contributed by atoms with Crippen LogP contribution in [-0.4, -0.2) is 85.3 Å². The molecule has 0 unspecified atom stereocenters. The highest BCUT2D eigenvalue weighted by Gasteiger charge is 2.38. The zero-order valence-electron chi connectivity index (χ0n) is 16.2. The van der Waals surface area contributed by atoms with Crippen molar-refractivity contribution in [3.05, 3.63) is 11.6 Å². The Morgan fingerprint density at radius 2 is 1.85 bits per heavy atom. The van der Waals surface area contributed by atoms with E-state index in [0.29, 0.717) is 5.96 Å². The van der Waals surface area contributed by atoms with E-state index in [9.17, 15) is 0 Å². The second-order valence-electron chi connectivity index (χ2n) is 7.85. The lowest BCUT2D eigenvalue weighted by Gasteiger charge is -2.47. The maximum Gasteiger partial charge on any atom is 0.191 e. The van der Waals surface area contributed by atoms with Gasteiger partial charge in [-0.1, -0.05) is 19.3 Å². The van der Waals surface area contributed by atoms with Gasteiger partial charge in [-0.25, -0.2) is 4.98 Å². The SMILES string of the molecule is NC(=NCC1(N2CCOCC2)CCCCC1)N1CCN(c2nccs2)CC1. The molecule has 1 saturated carbocycles. The van der Waals surface area contributed by atoms with E-state index in [-0.39, 0.29) is 5.54 Å². The predicted molar refractivity (Wildman–Crippen MR) is 111 cm³/mol. The Morgan fingerprint density at radius 1 is 1.11 bits per heavy atom. The van der Waals surface area contributed by atoms with E-state index in [0.717, 1.165) is 64.2 Å². The van der Waals surface area contributed by atoms with Crippen molar-refractivity contribution in [1.29, 1.82) is 0 Å². The van der Waals surface area contributed by atoms with Crippen molar-refractivity contribution < 1.29 is 4.74 Å². The first-order valence-electron chi connectivity index (χ1n) is 10.3. The molecule has 3 heterocycles. The van der Waals surface area contributed by atoms with E-state index in [4.69, 9.17) is 15.5 Å². The summed E-state index contributed by atoms with van der Waals surface area (Å²) < 4.78 is 5.58. The second kappa shape index (κ2) is 8.75. The number of aromatic nitrogens is 1. The Morgan fingerprint density at radius 3 is 2.52 bits per heavy atom. The van der Waals surface area contributed by atoms with Crippen molar-refractivity contribution in [3.8, 4) is 0 Å². The largest absolute Gasteiger partial charge is 0.379 e. The number of rotatable bonds is 4. The van der Waals surface area contributed by atoms with Crippen LogP contribution in [0.4, 0.5) is 5.13 Å². The predicted octanol–water partition coefficient (Wildman–Crippen LogP) is 1.61. The molecule has 150 valence electrons. The van der Waals surface area contributed by atoms with Gasteiger partial charge in [-0.05, 0) is 12.8 Å². The van der Waals surface area contributed by atoms with Crippen LogP contribution in [0.5, 0.6) is 0 Å². The number of hydrogen-bond acceptors (Lipinski definition) is 6. The van der Waals surface area contributed by atoms with Crippen molar-refractivity contribution >= 4 is 22.4 Å². The summed E-state index contributed by atoms with van der Waals surface area (Å²) in [6, 6.07) is 0. The Bertz CT molecular complexity index is 602. The molecule has 27 heavy (non-hydrogen) atoms. The van der Waals surface area contributed by atoms with Crippen molar-refractivity contribution in [1.82, 2.24) is 14.8 Å². The zero-order valence-corrected chi connectivity index (χ0v) is 17.0. The van der Waals surface area contributed by atoms with Gasteiger partial charge in [0.25, 0.3) is 0 Å². The van der Waals surface area contributed by atoms with Gasteiger partial charge in [0.1, 0.15) is 0 Å². The van der Waals surface area contributed by atoms with Crippen molar-refractivity contribution in [2.45, 2.75) is 37.6 Å². The summed E-state index contributed by atoms with van der Waals surface area (Å²) in [6.07, 6.45) is 8.31. The highest BCUT2D eigenvalue weighted by molar-refractivity contribution is 7.13. The summed E-state index contributed by atoms with van der Waals surface area (Å²) in [4.78, 5) is 16.5. The number of ether oxygens (including phenoxy) is 1. The number of piperazine rings is 1. The molecule has 0 radical (unpaired) electrons. The maximum atomic E-state index is 6.42. The molecule has 1 aliphatic carbocycles. The number of guanidine groups is 1. The molecule has 2 saturated heterocycles. The molecule has 0 spiro atoms. The van der Waals surface area contributed by atoms with Crippen LogP contribution in [0.25, 0.3) is 0 Å². The van der Waals surface area contributed by atoms with Gasteiger partial charge >= 0.3 is 0 Å². The summed E-state index contributed by atoms with van der Waals surface area (Å²) in [5.74, 6) is 0.715. The molecule has 0 atom stereocenters. The first kappa shape index (κ1) is 19.0. The fraction of sp³-hybridized carbons (Fsp3) is 0.789. The lowest BCUT2D eigenvalue weighted by atomic mass is 9.80. The molecule has 1 aromatic heterocycles. The first-order valence-corrected chi connectivity index (χ1v) is 11.2. The normalized spacial score (nSPS) is 25.0. The molecule has 7 nitrogen and oxygen atoms in total. The molecule has 0 amide bonds. The van der Waals surface area contributed by atoms with Gasteiger partial charge in [-0.15, -0.1) is 11.3 Å². The van der Waals surface area contributed by atoms with Crippen LogP contribution in [0.3, 0.4) is 0 Å². The van der Waals surface area contributed by atoms with Crippen LogP contribution in [0.15, 0.2) is 16.6 Å². The van der Waals surface area contributed by atoms with Crippen LogP contribution in [-0.2, 0) is 4.74 Å². The maximum absolute atomic E-state index is 6.42. The summed E-state index contributed by atoms with van der Waals surface area (Å²) in [7, 11) is 0. The average molecular weight is 393 g/mol. The molecular weight excluding hydrogens is 360 g/mol. The van der Waals surface area contributed by atoms with Gasteiger partial charge in [-0.2, -0.15) is 0 Å². The molecule has 3 aliphatic rings. The Balaban J connectivity index is 1.36. The number of morpholine rings is 1. The summed E-state index contributed by atoms with van der Waals surface area (Å²) in [5, 5.41) is 3.14. The van der Waals surface area contributed by atoms with Gasteiger partial charge in [0, 0.05) is 56.4 Å². The van der Waals surface area contributed by atoms with E-state index in [1.165, 1.54) is 32.1 Å². The number of nitrogens with zero attached hydrogens (tertiary/aromatic N) is 5. The fourth-order valence-electron chi connectivity index (χ4n) is 4.65. The number of hydrogen-bond donors (Lipinski definition) is 1. The van der Waals surface area contributed by atoms with Gasteiger partial charge in [0.05, 0.1) is 19.8 Å². The zero-order chi connectivity index (χ0) is 18.5. The minimum absolute atomic E-state index is 0.190. The van der Waals surface area contributed by atoms with E-state index in [1.807, 2.05) is 11.6 Å². The standard InChI is InChI=1S/C19H32N6OS/c20-17(23-7-9-24(10-8-23)18-21-6-15-27-18)22-16-19(4-2-1-3-5-19)25-11-13-26-14-12-25/h6,15H,1-5,7-14,16H2,(H2,20,22). The minimum Gasteiger partial charge on any atom is -0.379 e. The number of nitrogens with two attached hydrogens (primary N) is 1. The highest BCUT2D eigenvalue weighted by Crippen LogP contribution is 2.34. The summed E-state index contributed by atoms with van der Waals surface area (Å²) >= 11 is 1.70. The monoisotopic (exact) mass is 392 g/mol. The highest BCUT2D eigenvalue weighted by atomic mass is 32.1. The number of aliphatic imine (C=N–C) groups is 1. The van der Waals surface area contributed by atoms with E-state index in [1.54, 1.807) is 11.3 Å². The van der Waals surface area contributed by atoms with Crippen LogP contribution >= 0.6 is 11.3 Å². The topological polar surface area (TPSA) is 70.2 Å². The molecule has 0 aromatic carbocycles. The van der Waals surface area contributed by atoms with E-state index >= 15 is 0 Å². The van der Waals surface area contributed by atoms with Crippen LogP contribution in [0, 0.1) is 0 Å². The minimum atomic E-state index is 0.190. The summed E-state index contributed by atoms with van der Waals surface area (Å²) in [5.41, 5.74) is 6.61. The quantitative estimate of drug-likeness (QED) is 0.620. The third-order valence-corrected chi connectivity index (χ3v) is 7.13. The number of anilines is 1. The molecule has 3 fully saturated rings. The Kier molecular flexibility index (Phi) is 6.14. The Hall–Kier alpha value is -1.38. The van der Waals surface area contributed by atoms with Gasteiger partial charge < -0.3 is 20.3 Å². The smallest absolute Gasteiger partial charge is 0.191 e. The third-order valence-electron chi connectivity index (χ3n) is 6.30. The Labute approximate surface area is 166 Å². The van der Waals surface area contributed by atoms with Crippen molar-refractivity contribution in [2.24, 2.45) is 10.7 Å². The second-order valence-corrected chi connectivity index (χ2v) is 8.72. The molecule has 2 N–H and O–H groups in total. The van der Waals surface area contributed by atoms with Crippen LogP contribution in [0.1, 0.15) is 32.1 Å².